The number of hydrogen-bond acceptors (Lipinski definition) is 3. The van der Waals surface area contributed by atoms with Gasteiger partial charge in [0.1, 0.15) is 11.0 Å². The summed E-state index contributed by atoms with van der Waals surface area (Å²) in [6.45, 7) is 3.32. The molecule has 0 aromatic carbocycles. The van der Waals surface area contributed by atoms with Crippen molar-refractivity contribution in [2.45, 2.75) is 13.0 Å². The monoisotopic (exact) mass is 258 g/mol. The van der Waals surface area contributed by atoms with Gasteiger partial charge in [0.25, 0.3) is 5.91 Å². The zero-order valence-corrected chi connectivity index (χ0v) is 10.1. The fraction of sp³-hybridized carbons (Fsp3) is 0.455. The Labute approximate surface area is 103 Å². The molecule has 1 atom stereocenters. The Morgan fingerprint density at radius 1 is 1.71 bits per heavy atom. The largest absolute Gasteiger partial charge is 0.375 e. The van der Waals surface area contributed by atoms with Crippen molar-refractivity contribution in [1.29, 1.82) is 0 Å². The highest BCUT2D eigenvalue weighted by Crippen LogP contribution is 2.17. The first-order valence-corrected chi connectivity index (χ1v) is 5.67. The number of carbonyl (C=O) groups is 1. The van der Waals surface area contributed by atoms with Crippen molar-refractivity contribution in [1.82, 2.24) is 9.88 Å². The Balaban J connectivity index is 2.21. The molecule has 2 heterocycles. The van der Waals surface area contributed by atoms with Crippen LogP contribution in [0.5, 0.6) is 0 Å². The zero-order valence-electron chi connectivity index (χ0n) is 9.32. The van der Waals surface area contributed by atoms with E-state index in [1.165, 1.54) is 0 Å². The van der Waals surface area contributed by atoms with Crippen molar-refractivity contribution in [3.05, 3.63) is 28.8 Å². The molecule has 1 aromatic rings. The number of aromatic nitrogens is 1. The van der Waals surface area contributed by atoms with E-state index in [1.807, 2.05) is 6.92 Å². The van der Waals surface area contributed by atoms with Gasteiger partial charge in [0.2, 0.25) is 0 Å². The minimum atomic E-state index is -0.570. The summed E-state index contributed by atoms with van der Waals surface area (Å²) in [5.41, 5.74) is 0.0979. The highest BCUT2D eigenvalue weighted by atomic mass is 35.5. The number of hydrogen-bond donors (Lipinski definition) is 0. The molecule has 1 aliphatic heterocycles. The third-order valence-corrected chi connectivity index (χ3v) is 2.87. The standard InChI is InChI=1S/C11H12ClFN2O2/c1-7-6-15(2-3-17-7)11(16)9-4-8(13)5-14-10(9)12/h4-5,7H,2-3,6H2,1H3. The molecule has 1 unspecified atom stereocenters. The number of amides is 1. The second-order valence-corrected chi connectivity index (χ2v) is 4.28. The smallest absolute Gasteiger partial charge is 0.257 e. The summed E-state index contributed by atoms with van der Waals surface area (Å²) in [6.07, 6.45) is 0.967. The van der Waals surface area contributed by atoms with Gasteiger partial charge in [-0.2, -0.15) is 0 Å². The van der Waals surface area contributed by atoms with Crippen molar-refractivity contribution in [3.63, 3.8) is 0 Å². The maximum atomic E-state index is 13.0. The highest BCUT2D eigenvalue weighted by molar-refractivity contribution is 6.32. The lowest BCUT2D eigenvalue weighted by molar-refractivity contribution is -0.0124. The van der Waals surface area contributed by atoms with Crippen LogP contribution in [0.1, 0.15) is 17.3 Å². The molecule has 1 aliphatic rings. The van der Waals surface area contributed by atoms with Crippen LogP contribution >= 0.6 is 11.6 Å². The molecule has 0 bridgehead atoms. The van der Waals surface area contributed by atoms with Gasteiger partial charge in [0.05, 0.1) is 24.5 Å². The molecule has 2 rings (SSSR count). The van der Waals surface area contributed by atoms with Gasteiger partial charge < -0.3 is 9.64 Å². The number of nitrogens with zero attached hydrogens (tertiary/aromatic N) is 2. The average Bonchev–Trinajstić information content (AvgIpc) is 2.31. The Bertz CT molecular complexity index is 441. The summed E-state index contributed by atoms with van der Waals surface area (Å²) >= 11 is 5.79. The molecule has 1 fully saturated rings. The first kappa shape index (κ1) is 12.3. The van der Waals surface area contributed by atoms with E-state index < -0.39 is 5.82 Å². The molecule has 4 nitrogen and oxygen atoms in total. The maximum Gasteiger partial charge on any atom is 0.257 e. The van der Waals surface area contributed by atoms with Gasteiger partial charge in [-0.1, -0.05) is 11.6 Å². The summed E-state index contributed by atoms with van der Waals surface area (Å²) in [4.78, 5) is 17.3. The molecule has 0 spiro atoms. The molecule has 1 aromatic heterocycles. The molecule has 6 heteroatoms. The van der Waals surface area contributed by atoms with Crippen LogP contribution in [0.2, 0.25) is 5.15 Å². The lowest BCUT2D eigenvalue weighted by Gasteiger charge is -2.31. The van der Waals surface area contributed by atoms with E-state index in [0.29, 0.717) is 19.7 Å². The van der Waals surface area contributed by atoms with Crippen molar-refractivity contribution in [2.75, 3.05) is 19.7 Å². The lowest BCUT2D eigenvalue weighted by Crippen LogP contribution is -2.44. The Morgan fingerprint density at radius 2 is 2.47 bits per heavy atom. The quantitative estimate of drug-likeness (QED) is 0.721. The number of carbonyl (C=O) groups excluding carboxylic acids is 1. The summed E-state index contributed by atoms with van der Waals surface area (Å²) in [5.74, 6) is -0.879. The van der Waals surface area contributed by atoms with E-state index in [4.69, 9.17) is 16.3 Å². The number of pyridine rings is 1. The average molecular weight is 259 g/mol. The molecular weight excluding hydrogens is 247 g/mol. The molecule has 1 saturated heterocycles. The Hall–Kier alpha value is -1.20. The van der Waals surface area contributed by atoms with Gasteiger partial charge in [-0.25, -0.2) is 9.37 Å². The van der Waals surface area contributed by atoms with Gasteiger partial charge >= 0.3 is 0 Å². The van der Waals surface area contributed by atoms with Gasteiger partial charge in [0, 0.05) is 13.1 Å². The van der Waals surface area contributed by atoms with Crippen LogP contribution in [0, 0.1) is 5.82 Å². The van der Waals surface area contributed by atoms with Crippen molar-refractivity contribution in [2.24, 2.45) is 0 Å². The fourth-order valence-corrected chi connectivity index (χ4v) is 1.93. The topological polar surface area (TPSA) is 42.4 Å². The van der Waals surface area contributed by atoms with Crippen LogP contribution in [-0.4, -0.2) is 41.6 Å². The number of halogens is 2. The summed E-state index contributed by atoms with van der Waals surface area (Å²) in [5, 5.41) is 0.0237. The van der Waals surface area contributed by atoms with Gasteiger partial charge in [-0.3, -0.25) is 4.79 Å². The molecule has 17 heavy (non-hydrogen) atoms. The minimum Gasteiger partial charge on any atom is -0.375 e. The summed E-state index contributed by atoms with van der Waals surface area (Å²) in [7, 11) is 0. The third kappa shape index (κ3) is 2.73. The van der Waals surface area contributed by atoms with E-state index in [-0.39, 0.29) is 22.7 Å². The molecular formula is C11H12ClFN2O2. The van der Waals surface area contributed by atoms with Gasteiger partial charge in [-0.15, -0.1) is 0 Å². The molecule has 0 saturated carbocycles. The summed E-state index contributed by atoms with van der Waals surface area (Å²) in [6, 6.07) is 1.11. The van der Waals surface area contributed by atoms with Crippen LogP contribution in [0.15, 0.2) is 12.3 Å². The highest BCUT2D eigenvalue weighted by Gasteiger charge is 2.24. The van der Waals surface area contributed by atoms with E-state index >= 15 is 0 Å². The molecule has 1 amide bonds. The normalized spacial score (nSPS) is 20.4. The first-order valence-electron chi connectivity index (χ1n) is 5.30. The molecule has 0 N–H and O–H groups in total. The molecule has 0 aliphatic carbocycles. The van der Waals surface area contributed by atoms with Crippen LogP contribution < -0.4 is 0 Å². The minimum absolute atomic E-state index is 0.0204. The molecule has 0 radical (unpaired) electrons. The lowest BCUT2D eigenvalue weighted by atomic mass is 10.2. The number of ether oxygens (including phenoxy) is 1. The van der Waals surface area contributed by atoms with Gasteiger partial charge in [0.15, 0.2) is 0 Å². The van der Waals surface area contributed by atoms with Crippen LogP contribution in [0.25, 0.3) is 0 Å². The van der Waals surface area contributed by atoms with E-state index in [1.54, 1.807) is 4.90 Å². The fourth-order valence-electron chi connectivity index (χ4n) is 1.75. The third-order valence-electron chi connectivity index (χ3n) is 2.56. The Kier molecular flexibility index (Phi) is 3.59. The van der Waals surface area contributed by atoms with Gasteiger partial charge in [-0.05, 0) is 13.0 Å². The van der Waals surface area contributed by atoms with E-state index in [0.717, 1.165) is 12.3 Å². The Morgan fingerprint density at radius 3 is 3.18 bits per heavy atom. The first-order chi connectivity index (χ1) is 8.08. The number of morpholine rings is 1. The van der Waals surface area contributed by atoms with E-state index in [2.05, 4.69) is 4.98 Å². The van der Waals surface area contributed by atoms with Crippen molar-refractivity contribution >= 4 is 17.5 Å². The summed E-state index contributed by atoms with van der Waals surface area (Å²) < 4.78 is 18.4. The second-order valence-electron chi connectivity index (χ2n) is 3.92. The number of rotatable bonds is 1. The van der Waals surface area contributed by atoms with Crippen LogP contribution in [-0.2, 0) is 4.74 Å². The maximum absolute atomic E-state index is 13.0. The van der Waals surface area contributed by atoms with Crippen LogP contribution in [0.4, 0.5) is 4.39 Å². The second kappa shape index (κ2) is 4.98. The van der Waals surface area contributed by atoms with Crippen molar-refractivity contribution < 1.29 is 13.9 Å². The SMILES string of the molecule is CC1CN(C(=O)c2cc(F)cnc2Cl)CCO1. The van der Waals surface area contributed by atoms with E-state index in [9.17, 15) is 9.18 Å². The van der Waals surface area contributed by atoms with Crippen molar-refractivity contribution in [3.8, 4) is 0 Å². The predicted molar refractivity (Wildman–Crippen MR) is 60.5 cm³/mol. The van der Waals surface area contributed by atoms with Crippen LogP contribution in [0.3, 0.4) is 0 Å². The molecule has 92 valence electrons. The zero-order chi connectivity index (χ0) is 12.4. The predicted octanol–water partition coefficient (Wildman–Crippen LogP) is 1.74.